The van der Waals surface area contributed by atoms with Gasteiger partial charge < -0.3 is 9.64 Å². The van der Waals surface area contributed by atoms with Crippen molar-refractivity contribution in [2.75, 3.05) is 13.2 Å². The lowest BCUT2D eigenvalue weighted by Gasteiger charge is -2.15. The summed E-state index contributed by atoms with van der Waals surface area (Å²) in [5.74, 6) is -0.617. The van der Waals surface area contributed by atoms with Crippen molar-refractivity contribution in [3.63, 3.8) is 0 Å². The van der Waals surface area contributed by atoms with Crippen LogP contribution in [-0.2, 0) is 9.53 Å². The minimum Gasteiger partial charge on any atom is -0.462 e. The molecule has 2 aliphatic rings. The molecular formula is C15H16FNO3. The van der Waals surface area contributed by atoms with Crippen molar-refractivity contribution < 1.29 is 18.7 Å². The molecule has 1 saturated carbocycles. The average molecular weight is 277 g/mol. The summed E-state index contributed by atoms with van der Waals surface area (Å²) >= 11 is 0. The predicted octanol–water partition coefficient (Wildman–Crippen LogP) is 1.99. The van der Waals surface area contributed by atoms with Gasteiger partial charge in [-0.3, -0.25) is 4.79 Å². The topological polar surface area (TPSA) is 46.6 Å². The standard InChI is InChI=1S/C15H16FNO3/c16-12-3-1-11(2-4-12)15(19)20-9-10-7-14(18)17(8-10)13-5-6-13/h1-4,10,13H,5-9H2/t10-/m0/s1. The van der Waals surface area contributed by atoms with Crippen molar-refractivity contribution in [1.29, 1.82) is 0 Å². The molecule has 1 aliphatic carbocycles. The van der Waals surface area contributed by atoms with Crippen LogP contribution in [0.1, 0.15) is 29.6 Å². The molecule has 4 nitrogen and oxygen atoms in total. The van der Waals surface area contributed by atoms with Crippen molar-refractivity contribution in [3.8, 4) is 0 Å². The Hall–Kier alpha value is -1.91. The van der Waals surface area contributed by atoms with Crippen molar-refractivity contribution in [1.82, 2.24) is 4.90 Å². The van der Waals surface area contributed by atoms with Crippen LogP contribution < -0.4 is 0 Å². The van der Waals surface area contributed by atoms with Gasteiger partial charge >= 0.3 is 5.97 Å². The first-order chi connectivity index (χ1) is 9.63. The van der Waals surface area contributed by atoms with Gasteiger partial charge in [0, 0.05) is 24.9 Å². The Morgan fingerprint density at radius 2 is 2.00 bits per heavy atom. The fourth-order valence-electron chi connectivity index (χ4n) is 2.52. The molecule has 1 aromatic rings. The number of hydrogen-bond donors (Lipinski definition) is 0. The van der Waals surface area contributed by atoms with Crippen LogP contribution in [0.15, 0.2) is 24.3 Å². The van der Waals surface area contributed by atoms with Gasteiger partial charge in [0.2, 0.25) is 5.91 Å². The normalized spacial score (nSPS) is 22.1. The van der Waals surface area contributed by atoms with Crippen LogP contribution in [0.3, 0.4) is 0 Å². The molecule has 0 aromatic heterocycles. The van der Waals surface area contributed by atoms with E-state index in [2.05, 4.69) is 0 Å². The number of benzene rings is 1. The quantitative estimate of drug-likeness (QED) is 0.791. The molecule has 2 fully saturated rings. The van der Waals surface area contributed by atoms with Crippen molar-refractivity contribution in [2.24, 2.45) is 5.92 Å². The molecule has 1 amide bonds. The molecule has 0 spiro atoms. The van der Waals surface area contributed by atoms with Gasteiger partial charge in [0.1, 0.15) is 5.82 Å². The van der Waals surface area contributed by atoms with E-state index >= 15 is 0 Å². The van der Waals surface area contributed by atoms with E-state index in [4.69, 9.17) is 4.74 Å². The molecule has 1 atom stereocenters. The first-order valence-electron chi connectivity index (χ1n) is 6.85. The Kier molecular flexibility index (Phi) is 3.42. The van der Waals surface area contributed by atoms with E-state index in [0.717, 1.165) is 12.8 Å². The molecule has 0 unspecified atom stereocenters. The van der Waals surface area contributed by atoms with Gasteiger partial charge in [0.25, 0.3) is 0 Å². The number of halogens is 1. The summed E-state index contributed by atoms with van der Waals surface area (Å²) in [5, 5.41) is 0. The van der Waals surface area contributed by atoms with Crippen LogP contribution >= 0.6 is 0 Å². The lowest BCUT2D eigenvalue weighted by atomic mass is 10.1. The molecule has 1 aliphatic heterocycles. The molecule has 0 bridgehead atoms. The Morgan fingerprint density at radius 3 is 2.65 bits per heavy atom. The number of ether oxygens (including phenoxy) is 1. The molecule has 0 radical (unpaired) electrons. The number of rotatable bonds is 4. The highest BCUT2D eigenvalue weighted by Crippen LogP contribution is 2.32. The van der Waals surface area contributed by atoms with Crippen LogP contribution in [0, 0.1) is 11.7 Å². The number of amides is 1. The Balaban J connectivity index is 1.51. The monoisotopic (exact) mass is 277 g/mol. The molecule has 5 heteroatoms. The van der Waals surface area contributed by atoms with Crippen LogP contribution in [0.5, 0.6) is 0 Å². The zero-order valence-electron chi connectivity index (χ0n) is 11.0. The van der Waals surface area contributed by atoms with Gasteiger partial charge in [-0.15, -0.1) is 0 Å². The lowest BCUT2D eigenvalue weighted by molar-refractivity contribution is -0.128. The van der Waals surface area contributed by atoms with E-state index in [-0.39, 0.29) is 24.2 Å². The number of carbonyl (C=O) groups is 2. The van der Waals surface area contributed by atoms with E-state index in [1.54, 1.807) is 0 Å². The fraction of sp³-hybridized carbons (Fsp3) is 0.467. The highest BCUT2D eigenvalue weighted by atomic mass is 19.1. The smallest absolute Gasteiger partial charge is 0.338 e. The number of hydrogen-bond acceptors (Lipinski definition) is 3. The largest absolute Gasteiger partial charge is 0.462 e. The molecule has 1 saturated heterocycles. The average Bonchev–Trinajstić information content (AvgIpc) is 3.21. The number of esters is 1. The second-order valence-electron chi connectivity index (χ2n) is 5.45. The maximum absolute atomic E-state index is 12.8. The van der Waals surface area contributed by atoms with E-state index in [1.165, 1.54) is 24.3 Å². The third kappa shape index (κ3) is 2.81. The van der Waals surface area contributed by atoms with Gasteiger partial charge in [-0.25, -0.2) is 9.18 Å². The molecule has 1 heterocycles. The summed E-state index contributed by atoms with van der Waals surface area (Å²) < 4.78 is 18.0. The van der Waals surface area contributed by atoms with Crippen molar-refractivity contribution in [2.45, 2.75) is 25.3 Å². The summed E-state index contributed by atoms with van der Waals surface area (Å²) in [6.07, 6.45) is 2.63. The predicted molar refractivity (Wildman–Crippen MR) is 69.5 cm³/mol. The molecule has 3 rings (SSSR count). The van der Waals surface area contributed by atoms with Crippen LogP contribution in [-0.4, -0.2) is 36.0 Å². The Morgan fingerprint density at radius 1 is 1.30 bits per heavy atom. The van der Waals surface area contributed by atoms with E-state index < -0.39 is 5.97 Å². The second-order valence-corrected chi connectivity index (χ2v) is 5.45. The third-order valence-electron chi connectivity index (χ3n) is 3.76. The SMILES string of the molecule is O=C(OC[C@H]1CC(=O)N(C2CC2)C1)c1ccc(F)cc1. The molecule has 20 heavy (non-hydrogen) atoms. The number of nitrogens with zero attached hydrogens (tertiary/aromatic N) is 1. The van der Waals surface area contributed by atoms with Gasteiger partial charge in [0.05, 0.1) is 12.2 Å². The van der Waals surface area contributed by atoms with Gasteiger partial charge in [-0.2, -0.15) is 0 Å². The minimum absolute atomic E-state index is 0.0764. The Bertz CT molecular complexity index is 524. The third-order valence-corrected chi connectivity index (χ3v) is 3.76. The van der Waals surface area contributed by atoms with Crippen LogP contribution in [0.2, 0.25) is 0 Å². The zero-order chi connectivity index (χ0) is 14.1. The fourth-order valence-corrected chi connectivity index (χ4v) is 2.52. The van der Waals surface area contributed by atoms with E-state index in [1.807, 2.05) is 4.90 Å². The molecule has 0 N–H and O–H groups in total. The second kappa shape index (κ2) is 5.23. The van der Waals surface area contributed by atoms with Crippen LogP contribution in [0.4, 0.5) is 4.39 Å². The highest BCUT2D eigenvalue weighted by Gasteiger charge is 2.39. The number of likely N-dealkylation sites (tertiary alicyclic amines) is 1. The minimum atomic E-state index is -0.470. The highest BCUT2D eigenvalue weighted by molar-refractivity contribution is 5.89. The number of carbonyl (C=O) groups excluding carboxylic acids is 2. The molecule has 1 aromatic carbocycles. The van der Waals surface area contributed by atoms with Gasteiger partial charge in [-0.1, -0.05) is 0 Å². The van der Waals surface area contributed by atoms with Crippen molar-refractivity contribution >= 4 is 11.9 Å². The van der Waals surface area contributed by atoms with E-state index in [9.17, 15) is 14.0 Å². The summed E-state index contributed by atoms with van der Waals surface area (Å²) in [6, 6.07) is 5.66. The molecule has 106 valence electrons. The first-order valence-corrected chi connectivity index (χ1v) is 6.85. The van der Waals surface area contributed by atoms with Gasteiger partial charge in [0.15, 0.2) is 0 Å². The summed E-state index contributed by atoms with van der Waals surface area (Å²) in [4.78, 5) is 25.4. The first kappa shape index (κ1) is 13.1. The maximum atomic E-state index is 12.8. The molecular weight excluding hydrogens is 261 g/mol. The zero-order valence-corrected chi connectivity index (χ0v) is 11.0. The summed E-state index contributed by atoms with van der Waals surface area (Å²) in [5.41, 5.74) is 0.328. The van der Waals surface area contributed by atoms with Gasteiger partial charge in [-0.05, 0) is 37.1 Å². The van der Waals surface area contributed by atoms with E-state index in [0.29, 0.717) is 24.6 Å². The van der Waals surface area contributed by atoms with Crippen LogP contribution in [0.25, 0.3) is 0 Å². The lowest BCUT2D eigenvalue weighted by Crippen LogP contribution is -2.27. The van der Waals surface area contributed by atoms with Crippen molar-refractivity contribution in [3.05, 3.63) is 35.6 Å². The Labute approximate surface area is 116 Å². The summed E-state index contributed by atoms with van der Waals surface area (Å²) in [6.45, 7) is 0.922. The summed E-state index contributed by atoms with van der Waals surface area (Å²) in [7, 11) is 0. The maximum Gasteiger partial charge on any atom is 0.338 e.